The third-order valence-corrected chi connectivity index (χ3v) is 2.90. The Hall–Kier alpha value is -1.29. The highest BCUT2D eigenvalue weighted by atomic mass is 16.5. The van der Waals surface area contributed by atoms with E-state index in [-0.39, 0.29) is 18.6 Å². The van der Waals surface area contributed by atoms with Crippen LogP contribution in [-0.2, 0) is 22.5 Å². The van der Waals surface area contributed by atoms with Crippen LogP contribution in [0.5, 0.6) is 0 Å². The van der Waals surface area contributed by atoms with E-state index in [1.807, 2.05) is 12.4 Å². The normalized spacial score (nSPS) is 19.2. The minimum Gasteiger partial charge on any atom is -0.465 e. The average Bonchev–Trinajstić information content (AvgIpc) is 2.62. The molecule has 4 nitrogen and oxygen atoms in total. The van der Waals surface area contributed by atoms with Crippen LogP contribution in [0.3, 0.4) is 0 Å². The summed E-state index contributed by atoms with van der Waals surface area (Å²) >= 11 is 0. The molecule has 0 bridgehead atoms. The standard InChI is InChI=1S/C12H17NO3/c1-2-16-12(15)8-13-6-9-4-3-5-11(14)10(9)7-13/h6-7,11,14H,2-5,8H2,1H3. The molecule has 16 heavy (non-hydrogen) atoms. The van der Waals surface area contributed by atoms with E-state index in [2.05, 4.69) is 0 Å². The predicted molar refractivity (Wildman–Crippen MR) is 59.0 cm³/mol. The number of aryl methyl sites for hydroxylation is 1. The van der Waals surface area contributed by atoms with E-state index in [0.29, 0.717) is 6.61 Å². The molecule has 0 saturated heterocycles. The maximum absolute atomic E-state index is 11.3. The number of aliphatic hydroxyl groups is 1. The second kappa shape index (κ2) is 4.70. The van der Waals surface area contributed by atoms with Crippen molar-refractivity contribution in [3.05, 3.63) is 23.5 Å². The van der Waals surface area contributed by atoms with E-state index in [4.69, 9.17) is 4.74 Å². The monoisotopic (exact) mass is 223 g/mol. The number of rotatable bonds is 3. The van der Waals surface area contributed by atoms with Gasteiger partial charge in [0.2, 0.25) is 0 Å². The third kappa shape index (κ3) is 2.27. The first-order valence-electron chi connectivity index (χ1n) is 5.73. The van der Waals surface area contributed by atoms with E-state index < -0.39 is 0 Å². The van der Waals surface area contributed by atoms with E-state index in [0.717, 1.165) is 30.4 Å². The quantitative estimate of drug-likeness (QED) is 0.788. The second-order valence-electron chi connectivity index (χ2n) is 4.12. The molecular formula is C12H17NO3. The van der Waals surface area contributed by atoms with E-state index in [1.165, 1.54) is 0 Å². The summed E-state index contributed by atoms with van der Waals surface area (Å²) in [5.74, 6) is -0.232. The van der Waals surface area contributed by atoms with E-state index in [1.54, 1.807) is 11.5 Å². The van der Waals surface area contributed by atoms with Crippen LogP contribution in [-0.4, -0.2) is 22.2 Å². The zero-order valence-corrected chi connectivity index (χ0v) is 9.48. The van der Waals surface area contributed by atoms with Crippen LogP contribution in [0.1, 0.15) is 37.0 Å². The van der Waals surface area contributed by atoms with Gasteiger partial charge in [-0.25, -0.2) is 0 Å². The van der Waals surface area contributed by atoms with Gasteiger partial charge in [0.05, 0.1) is 12.7 Å². The minimum atomic E-state index is -0.368. The van der Waals surface area contributed by atoms with Gasteiger partial charge in [-0.1, -0.05) is 0 Å². The number of carbonyl (C=O) groups excluding carboxylic acids is 1. The van der Waals surface area contributed by atoms with Crippen molar-refractivity contribution in [3.8, 4) is 0 Å². The molecule has 1 heterocycles. The molecule has 1 aliphatic carbocycles. The maximum Gasteiger partial charge on any atom is 0.325 e. The zero-order chi connectivity index (χ0) is 11.5. The van der Waals surface area contributed by atoms with Crippen molar-refractivity contribution in [3.63, 3.8) is 0 Å². The van der Waals surface area contributed by atoms with Crippen LogP contribution >= 0.6 is 0 Å². The highest BCUT2D eigenvalue weighted by Crippen LogP contribution is 2.30. The molecule has 88 valence electrons. The second-order valence-corrected chi connectivity index (χ2v) is 4.12. The lowest BCUT2D eigenvalue weighted by Gasteiger charge is -2.16. The molecule has 0 fully saturated rings. The number of aromatic nitrogens is 1. The summed E-state index contributed by atoms with van der Waals surface area (Å²) in [7, 11) is 0. The van der Waals surface area contributed by atoms with Crippen molar-refractivity contribution < 1.29 is 14.6 Å². The van der Waals surface area contributed by atoms with E-state index in [9.17, 15) is 9.90 Å². The average molecular weight is 223 g/mol. The summed E-state index contributed by atoms with van der Waals surface area (Å²) in [6.45, 7) is 2.43. The number of carbonyl (C=O) groups is 1. The molecule has 0 aromatic carbocycles. The Labute approximate surface area is 94.8 Å². The summed E-state index contributed by atoms with van der Waals surface area (Å²) in [4.78, 5) is 11.3. The number of aliphatic hydroxyl groups excluding tert-OH is 1. The van der Waals surface area contributed by atoms with Crippen LogP contribution in [0.15, 0.2) is 12.4 Å². The minimum absolute atomic E-state index is 0.230. The molecule has 0 radical (unpaired) electrons. The SMILES string of the molecule is CCOC(=O)Cn1cc2c(c1)C(O)CCC2. The van der Waals surface area contributed by atoms with Crippen molar-refractivity contribution in [2.24, 2.45) is 0 Å². The van der Waals surface area contributed by atoms with Gasteiger partial charge in [-0.15, -0.1) is 0 Å². The van der Waals surface area contributed by atoms with Gasteiger partial charge in [-0.05, 0) is 31.7 Å². The summed E-state index contributed by atoms with van der Waals surface area (Å²) in [6.07, 6.45) is 6.24. The van der Waals surface area contributed by atoms with Gasteiger partial charge in [0.15, 0.2) is 0 Å². The Bertz CT molecular complexity index is 384. The van der Waals surface area contributed by atoms with Crippen molar-refractivity contribution in [1.82, 2.24) is 4.57 Å². The van der Waals surface area contributed by atoms with Crippen molar-refractivity contribution in [2.45, 2.75) is 38.8 Å². The Kier molecular flexibility index (Phi) is 3.29. The molecule has 2 rings (SSSR count). The number of hydrogen-bond donors (Lipinski definition) is 1. The fraction of sp³-hybridized carbons (Fsp3) is 0.583. The smallest absolute Gasteiger partial charge is 0.325 e. The molecule has 0 aliphatic heterocycles. The lowest BCUT2D eigenvalue weighted by Crippen LogP contribution is -2.12. The van der Waals surface area contributed by atoms with Crippen LogP contribution < -0.4 is 0 Å². The first-order valence-corrected chi connectivity index (χ1v) is 5.73. The van der Waals surface area contributed by atoms with Crippen molar-refractivity contribution >= 4 is 5.97 Å². The lowest BCUT2D eigenvalue weighted by molar-refractivity contribution is -0.143. The maximum atomic E-state index is 11.3. The molecule has 1 aromatic rings. The fourth-order valence-electron chi connectivity index (χ4n) is 2.17. The number of fused-ring (bicyclic) bond motifs is 1. The Morgan fingerprint density at radius 1 is 1.62 bits per heavy atom. The largest absolute Gasteiger partial charge is 0.465 e. The van der Waals surface area contributed by atoms with Gasteiger partial charge in [-0.2, -0.15) is 0 Å². The van der Waals surface area contributed by atoms with Gasteiger partial charge < -0.3 is 14.4 Å². The van der Waals surface area contributed by atoms with E-state index >= 15 is 0 Å². The number of nitrogens with zero attached hydrogens (tertiary/aromatic N) is 1. The number of hydrogen-bond acceptors (Lipinski definition) is 3. The number of ether oxygens (including phenoxy) is 1. The molecule has 0 amide bonds. The summed E-state index contributed by atoms with van der Waals surface area (Å²) in [6, 6.07) is 0. The van der Waals surface area contributed by atoms with Crippen molar-refractivity contribution in [2.75, 3.05) is 6.61 Å². The fourth-order valence-corrected chi connectivity index (χ4v) is 2.17. The first-order chi connectivity index (χ1) is 7.70. The summed E-state index contributed by atoms with van der Waals surface area (Å²) in [5.41, 5.74) is 2.12. The Balaban J connectivity index is 2.09. The van der Waals surface area contributed by atoms with Crippen LogP contribution in [0.25, 0.3) is 0 Å². The Morgan fingerprint density at radius 3 is 3.12 bits per heavy atom. The molecule has 1 aromatic heterocycles. The van der Waals surface area contributed by atoms with Gasteiger partial charge in [0, 0.05) is 18.0 Å². The summed E-state index contributed by atoms with van der Waals surface area (Å²) < 4.78 is 6.69. The molecular weight excluding hydrogens is 206 g/mol. The molecule has 4 heteroatoms. The first kappa shape index (κ1) is 11.2. The molecule has 0 spiro atoms. The third-order valence-electron chi connectivity index (χ3n) is 2.90. The van der Waals surface area contributed by atoms with Crippen molar-refractivity contribution in [1.29, 1.82) is 0 Å². The van der Waals surface area contributed by atoms with Gasteiger partial charge >= 0.3 is 5.97 Å². The highest BCUT2D eigenvalue weighted by Gasteiger charge is 2.20. The van der Waals surface area contributed by atoms with Crippen LogP contribution in [0, 0.1) is 0 Å². The molecule has 1 atom stereocenters. The van der Waals surface area contributed by atoms with Gasteiger partial charge in [-0.3, -0.25) is 4.79 Å². The molecule has 1 N–H and O–H groups in total. The highest BCUT2D eigenvalue weighted by molar-refractivity contribution is 5.69. The molecule has 1 aliphatic rings. The van der Waals surface area contributed by atoms with Crippen LogP contribution in [0.4, 0.5) is 0 Å². The number of esters is 1. The molecule has 1 unspecified atom stereocenters. The summed E-state index contributed by atoms with van der Waals surface area (Å²) in [5, 5.41) is 9.78. The van der Waals surface area contributed by atoms with Crippen LogP contribution in [0.2, 0.25) is 0 Å². The predicted octanol–water partition coefficient (Wildman–Crippen LogP) is 1.42. The topological polar surface area (TPSA) is 51.5 Å². The van der Waals surface area contributed by atoms with Gasteiger partial charge in [0.1, 0.15) is 6.54 Å². The van der Waals surface area contributed by atoms with Gasteiger partial charge in [0.25, 0.3) is 0 Å². The zero-order valence-electron chi connectivity index (χ0n) is 9.48. The lowest BCUT2D eigenvalue weighted by atomic mass is 9.93. The molecule has 0 saturated carbocycles. The Morgan fingerprint density at radius 2 is 2.44 bits per heavy atom.